The van der Waals surface area contributed by atoms with E-state index >= 15 is 0 Å². The van der Waals surface area contributed by atoms with Crippen LogP contribution in [0.15, 0.2) is 42.6 Å². The average Bonchev–Trinajstić information content (AvgIpc) is 2.38. The van der Waals surface area contributed by atoms with Gasteiger partial charge in [-0.15, -0.1) is 0 Å². The van der Waals surface area contributed by atoms with Crippen molar-refractivity contribution in [1.82, 2.24) is 4.98 Å². The SMILES string of the molecule is COc1cc(-c2ccccc2)cnc1C(F)(F)F. The Hall–Kier alpha value is -2.04. The third-order valence-corrected chi connectivity index (χ3v) is 2.45. The van der Waals surface area contributed by atoms with Crippen molar-refractivity contribution in [3.8, 4) is 16.9 Å². The van der Waals surface area contributed by atoms with Gasteiger partial charge in [0, 0.05) is 11.8 Å². The molecule has 0 atom stereocenters. The van der Waals surface area contributed by atoms with Gasteiger partial charge in [-0.05, 0) is 11.6 Å². The fraction of sp³-hybridized carbons (Fsp3) is 0.154. The van der Waals surface area contributed by atoms with Crippen LogP contribution in [0.5, 0.6) is 5.75 Å². The van der Waals surface area contributed by atoms with Crippen LogP contribution in [0.25, 0.3) is 11.1 Å². The summed E-state index contributed by atoms with van der Waals surface area (Å²) in [6.07, 6.45) is -3.32. The first-order valence-electron chi connectivity index (χ1n) is 5.19. The first kappa shape index (κ1) is 12.4. The number of aromatic nitrogens is 1. The van der Waals surface area contributed by atoms with E-state index in [1.54, 1.807) is 24.3 Å². The summed E-state index contributed by atoms with van der Waals surface area (Å²) < 4.78 is 42.6. The van der Waals surface area contributed by atoms with E-state index in [1.165, 1.54) is 19.4 Å². The molecule has 0 bridgehead atoms. The molecule has 0 fully saturated rings. The van der Waals surface area contributed by atoms with E-state index in [9.17, 15) is 13.2 Å². The molecule has 94 valence electrons. The highest BCUT2D eigenvalue weighted by molar-refractivity contribution is 5.64. The summed E-state index contributed by atoms with van der Waals surface area (Å²) in [6.45, 7) is 0. The van der Waals surface area contributed by atoms with Gasteiger partial charge >= 0.3 is 6.18 Å². The first-order chi connectivity index (χ1) is 8.52. The molecule has 18 heavy (non-hydrogen) atoms. The maximum atomic E-state index is 12.6. The number of hydrogen-bond donors (Lipinski definition) is 0. The van der Waals surface area contributed by atoms with Crippen molar-refractivity contribution in [1.29, 1.82) is 0 Å². The minimum atomic E-state index is -4.51. The molecule has 2 rings (SSSR count). The van der Waals surface area contributed by atoms with Crippen molar-refractivity contribution in [2.45, 2.75) is 6.18 Å². The number of ether oxygens (including phenoxy) is 1. The zero-order chi connectivity index (χ0) is 13.2. The van der Waals surface area contributed by atoms with Gasteiger partial charge in [0.05, 0.1) is 7.11 Å². The third kappa shape index (κ3) is 2.45. The van der Waals surface area contributed by atoms with Gasteiger partial charge in [-0.2, -0.15) is 13.2 Å². The molecular formula is C13H10F3NO. The maximum absolute atomic E-state index is 12.6. The predicted octanol–water partition coefficient (Wildman–Crippen LogP) is 3.78. The van der Waals surface area contributed by atoms with E-state index < -0.39 is 11.9 Å². The Bertz CT molecular complexity index is 538. The molecular weight excluding hydrogens is 243 g/mol. The van der Waals surface area contributed by atoms with Gasteiger partial charge in [0.2, 0.25) is 0 Å². The Morgan fingerprint density at radius 3 is 2.28 bits per heavy atom. The number of pyridine rings is 1. The number of hydrogen-bond acceptors (Lipinski definition) is 2. The summed E-state index contributed by atoms with van der Waals surface area (Å²) in [7, 11) is 1.20. The molecule has 0 N–H and O–H groups in total. The molecule has 1 heterocycles. The molecule has 0 saturated heterocycles. The summed E-state index contributed by atoms with van der Waals surface area (Å²) >= 11 is 0. The van der Waals surface area contributed by atoms with Gasteiger partial charge in [-0.1, -0.05) is 30.3 Å². The molecule has 2 aromatic rings. The standard InChI is InChI=1S/C13H10F3NO/c1-18-11-7-10(9-5-3-2-4-6-9)8-17-12(11)13(14,15)16/h2-8H,1H3. The smallest absolute Gasteiger partial charge is 0.437 e. The number of halogens is 3. The lowest BCUT2D eigenvalue weighted by Gasteiger charge is -2.12. The number of nitrogens with zero attached hydrogens (tertiary/aromatic N) is 1. The van der Waals surface area contributed by atoms with Gasteiger partial charge in [0.25, 0.3) is 0 Å². The van der Waals surface area contributed by atoms with Gasteiger partial charge in [-0.25, -0.2) is 4.98 Å². The van der Waals surface area contributed by atoms with Crippen LogP contribution >= 0.6 is 0 Å². The fourth-order valence-electron chi connectivity index (χ4n) is 1.60. The molecule has 0 saturated carbocycles. The molecule has 0 aliphatic carbocycles. The highest BCUT2D eigenvalue weighted by Crippen LogP contribution is 2.36. The fourth-order valence-corrected chi connectivity index (χ4v) is 1.60. The number of benzene rings is 1. The largest absolute Gasteiger partial charge is 0.494 e. The normalized spacial score (nSPS) is 11.3. The first-order valence-corrected chi connectivity index (χ1v) is 5.19. The van der Waals surface area contributed by atoms with Crippen molar-refractivity contribution in [3.05, 3.63) is 48.3 Å². The molecule has 0 radical (unpaired) electrons. The van der Waals surface area contributed by atoms with E-state index in [0.717, 1.165) is 5.56 Å². The van der Waals surface area contributed by atoms with Crippen LogP contribution in [0.2, 0.25) is 0 Å². The van der Waals surface area contributed by atoms with E-state index in [4.69, 9.17) is 4.74 Å². The molecule has 2 nitrogen and oxygen atoms in total. The molecule has 1 aromatic carbocycles. The Balaban J connectivity index is 2.49. The second-order valence-electron chi connectivity index (χ2n) is 3.64. The van der Waals surface area contributed by atoms with Crippen LogP contribution in [0.4, 0.5) is 13.2 Å². The molecule has 0 amide bonds. The Kier molecular flexibility index (Phi) is 3.23. The van der Waals surface area contributed by atoms with Crippen LogP contribution < -0.4 is 4.74 Å². The van der Waals surface area contributed by atoms with Crippen molar-refractivity contribution in [3.63, 3.8) is 0 Å². The zero-order valence-corrected chi connectivity index (χ0v) is 9.53. The molecule has 0 unspecified atom stereocenters. The predicted molar refractivity (Wildman–Crippen MR) is 61.2 cm³/mol. The minimum Gasteiger partial charge on any atom is -0.494 e. The quantitative estimate of drug-likeness (QED) is 0.812. The van der Waals surface area contributed by atoms with Crippen molar-refractivity contribution in [2.24, 2.45) is 0 Å². The van der Waals surface area contributed by atoms with Crippen LogP contribution in [0.1, 0.15) is 5.69 Å². The molecule has 0 spiro atoms. The van der Waals surface area contributed by atoms with Crippen LogP contribution in [0, 0.1) is 0 Å². The lowest BCUT2D eigenvalue weighted by Crippen LogP contribution is -2.10. The summed E-state index contributed by atoms with van der Waals surface area (Å²) in [5.74, 6) is -0.274. The summed E-state index contributed by atoms with van der Waals surface area (Å²) in [6, 6.07) is 10.4. The van der Waals surface area contributed by atoms with E-state index in [0.29, 0.717) is 5.56 Å². The summed E-state index contributed by atoms with van der Waals surface area (Å²) in [4.78, 5) is 3.45. The number of methoxy groups -OCH3 is 1. The van der Waals surface area contributed by atoms with Crippen LogP contribution in [0.3, 0.4) is 0 Å². The Morgan fingerprint density at radius 2 is 1.72 bits per heavy atom. The van der Waals surface area contributed by atoms with E-state index in [2.05, 4.69) is 4.98 Å². The Labute approximate surface area is 102 Å². The minimum absolute atomic E-state index is 0.274. The molecule has 0 aliphatic rings. The number of rotatable bonds is 2. The average molecular weight is 253 g/mol. The van der Waals surface area contributed by atoms with Crippen molar-refractivity contribution < 1.29 is 17.9 Å². The lowest BCUT2D eigenvalue weighted by molar-refractivity contribution is -0.142. The highest BCUT2D eigenvalue weighted by Gasteiger charge is 2.36. The maximum Gasteiger partial charge on any atom is 0.437 e. The van der Waals surface area contributed by atoms with Gasteiger partial charge in [0.1, 0.15) is 5.75 Å². The van der Waals surface area contributed by atoms with Gasteiger partial charge in [-0.3, -0.25) is 0 Å². The zero-order valence-electron chi connectivity index (χ0n) is 9.53. The van der Waals surface area contributed by atoms with E-state index in [-0.39, 0.29) is 5.75 Å². The van der Waals surface area contributed by atoms with Crippen molar-refractivity contribution in [2.75, 3.05) is 7.11 Å². The number of alkyl halides is 3. The highest BCUT2D eigenvalue weighted by atomic mass is 19.4. The molecule has 1 aromatic heterocycles. The Morgan fingerprint density at radius 1 is 1.06 bits per heavy atom. The second kappa shape index (κ2) is 4.68. The molecule has 0 aliphatic heterocycles. The summed E-state index contributed by atoms with van der Waals surface area (Å²) in [5.41, 5.74) is 0.363. The van der Waals surface area contributed by atoms with Gasteiger partial charge in [0.15, 0.2) is 5.69 Å². The van der Waals surface area contributed by atoms with Gasteiger partial charge < -0.3 is 4.74 Å². The molecule has 5 heteroatoms. The third-order valence-electron chi connectivity index (χ3n) is 2.45. The summed E-state index contributed by atoms with van der Waals surface area (Å²) in [5, 5.41) is 0. The second-order valence-corrected chi connectivity index (χ2v) is 3.64. The lowest BCUT2D eigenvalue weighted by atomic mass is 10.1. The van der Waals surface area contributed by atoms with Crippen molar-refractivity contribution >= 4 is 0 Å². The van der Waals surface area contributed by atoms with E-state index in [1.807, 2.05) is 6.07 Å². The van der Waals surface area contributed by atoms with Crippen LogP contribution in [-0.2, 0) is 6.18 Å². The topological polar surface area (TPSA) is 22.1 Å². The van der Waals surface area contributed by atoms with Crippen LogP contribution in [-0.4, -0.2) is 12.1 Å². The monoisotopic (exact) mass is 253 g/mol.